The maximum absolute atomic E-state index is 10.6. The summed E-state index contributed by atoms with van der Waals surface area (Å²) < 4.78 is 29.0. The van der Waals surface area contributed by atoms with Crippen molar-refractivity contribution in [1.82, 2.24) is 0 Å². The van der Waals surface area contributed by atoms with Gasteiger partial charge in [0.1, 0.15) is 0 Å². The summed E-state index contributed by atoms with van der Waals surface area (Å²) in [5, 5.41) is 8.65. The first-order valence-corrected chi connectivity index (χ1v) is 5.85. The van der Waals surface area contributed by atoms with Gasteiger partial charge in [0.25, 0.3) is 10.1 Å². The molecule has 0 radical (unpaired) electrons. The second-order valence-corrected chi connectivity index (χ2v) is 4.43. The molecular formula is C8H14O5S. The van der Waals surface area contributed by atoms with Gasteiger partial charge in [-0.25, -0.2) is 4.79 Å². The van der Waals surface area contributed by atoms with Gasteiger partial charge in [-0.2, -0.15) is 8.42 Å². The van der Waals surface area contributed by atoms with Crippen molar-refractivity contribution in [3.63, 3.8) is 0 Å². The van der Waals surface area contributed by atoms with Gasteiger partial charge < -0.3 is 5.11 Å². The van der Waals surface area contributed by atoms with Crippen molar-refractivity contribution >= 4 is 16.1 Å². The zero-order chi connectivity index (χ0) is 11.2. The highest BCUT2D eigenvalue weighted by molar-refractivity contribution is 7.85. The second kappa shape index (κ2) is 5.77. The van der Waals surface area contributed by atoms with E-state index in [1.807, 2.05) is 6.92 Å². The molecule has 0 aromatic rings. The average molecular weight is 222 g/mol. The van der Waals surface area contributed by atoms with E-state index in [2.05, 4.69) is 0 Å². The van der Waals surface area contributed by atoms with Crippen LogP contribution in [0.25, 0.3) is 0 Å². The second-order valence-electron chi connectivity index (χ2n) is 2.86. The molecule has 0 bridgehead atoms. The standard InChI is InChI=1S/C8H14O5S/c1-2-4-7(8(9)10)5-3-6-14(11,12)13/h5H,2-4,6H2,1H3,(H,9,10)(H,11,12,13). The van der Waals surface area contributed by atoms with E-state index in [-0.39, 0.29) is 12.0 Å². The van der Waals surface area contributed by atoms with E-state index in [1.54, 1.807) is 0 Å². The molecule has 0 aliphatic carbocycles. The molecule has 0 fully saturated rings. The van der Waals surface area contributed by atoms with Crippen LogP contribution in [0.4, 0.5) is 0 Å². The normalized spacial score (nSPS) is 12.9. The number of hydrogen-bond acceptors (Lipinski definition) is 3. The minimum Gasteiger partial charge on any atom is -0.478 e. The van der Waals surface area contributed by atoms with Crippen LogP contribution in [0.2, 0.25) is 0 Å². The molecule has 6 heteroatoms. The molecule has 14 heavy (non-hydrogen) atoms. The molecule has 0 saturated carbocycles. The largest absolute Gasteiger partial charge is 0.478 e. The third-order valence-electron chi connectivity index (χ3n) is 1.56. The molecule has 0 aliphatic rings. The van der Waals surface area contributed by atoms with Crippen molar-refractivity contribution < 1.29 is 22.9 Å². The average Bonchev–Trinajstić information content (AvgIpc) is 2.00. The lowest BCUT2D eigenvalue weighted by molar-refractivity contribution is -0.132. The third kappa shape index (κ3) is 6.62. The third-order valence-corrected chi connectivity index (χ3v) is 2.31. The highest BCUT2D eigenvalue weighted by atomic mass is 32.2. The monoisotopic (exact) mass is 222 g/mol. The van der Waals surface area contributed by atoms with Gasteiger partial charge in [0, 0.05) is 5.57 Å². The summed E-state index contributed by atoms with van der Waals surface area (Å²) in [6, 6.07) is 0. The van der Waals surface area contributed by atoms with E-state index in [1.165, 1.54) is 6.08 Å². The zero-order valence-electron chi connectivity index (χ0n) is 7.93. The predicted molar refractivity (Wildman–Crippen MR) is 51.7 cm³/mol. The lowest BCUT2D eigenvalue weighted by Crippen LogP contribution is -2.05. The first-order chi connectivity index (χ1) is 6.37. The summed E-state index contributed by atoms with van der Waals surface area (Å²) >= 11 is 0. The number of carboxylic acids is 1. The van der Waals surface area contributed by atoms with Crippen molar-refractivity contribution in [3.05, 3.63) is 11.6 Å². The maximum atomic E-state index is 10.6. The number of carbonyl (C=O) groups is 1. The molecule has 0 heterocycles. The SMILES string of the molecule is CCCC(=CCCS(=O)(=O)O)C(=O)O. The van der Waals surface area contributed by atoms with Crippen LogP contribution in [0, 0.1) is 0 Å². The number of carboxylic acid groups (broad SMARTS) is 1. The van der Waals surface area contributed by atoms with Crippen LogP contribution in [0.15, 0.2) is 11.6 Å². The van der Waals surface area contributed by atoms with Gasteiger partial charge in [0.2, 0.25) is 0 Å². The summed E-state index contributed by atoms with van der Waals surface area (Å²) in [6.07, 6.45) is 2.45. The van der Waals surface area contributed by atoms with E-state index < -0.39 is 21.8 Å². The smallest absolute Gasteiger partial charge is 0.331 e. The van der Waals surface area contributed by atoms with Gasteiger partial charge in [-0.05, 0) is 12.8 Å². The van der Waals surface area contributed by atoms with Crippen molar-refractivity contribution in [2.24, 2.45) is 0 Å². The summed E-state index contributed by atoms with van der Waals surface area (Å²) in [7, 11) is -4.00. The Kier molecular flexibility index (Phi) is 5.40. The molecular weight excluding hydrogens is 208 g/mol. The molecule has 0 saturated heterocycles. The van der Waals surface area contributed by atoms with E-state index in [0.29, 0.717) is 12.8 Å². The Morgan fingerprint density at radius 2 is 2.00 bits per heavy atom. The van der Waals surface area contributed by atoms with Gasteiger partial charge in [-0.15, -0.1) is 0 Å². The Bertz CT molecular complexity index is 315. The molecule has 0 rings (SSSR count). The number of hydrogen-bond donors (Lipinski definition) is 2. The van der Waals surface area contributed by atoms with Crippen LogP contribution in [0.3, 0.4) is 0 Å². The van der Waals surface area contributed by atoms with Crippen molar-refractivity contribution in [2.45, 2.75) is 26.2 Å². The van der Waals surface area contributed by atoms with Gasteiger partial charge in [0.15, 0.2) is 0 Å². The molecule has 2 N–H and O–H groups in total. The molecule has 0 amide bonds. The van der Waals surface area contributed by atoms with Gasteiger partial charge >= 0.3 is 5.97 Å². The van der Waals surface area contributed by atoms with Crippen molar-refractivity contribution in [1.29, 1.82) is 0 Å². The molecule has 5 nitrogen and oxygen atoms in total. The molecule has 0 spiro atoms. The molecule has 0 aliphatic heterocycles. The Balaban J connectivity index is 4.24. The van der Waals surface area contributed by atoms with Crippen molar-refractivity contribution in [2.75, 3.05) is 5.75 Å². The fourth-order valence-corrected chi connectivity index (χ4v) is 1.36. The fraction of sp³-hybridized carbons (Fsp3) is 0.625. The Hall–Kier alpha value is -0.880. The minimum atomic E-state index is -4.00. The molecule has 0 aromatic carbocycles. The molecule has 82 valence electrons. The number of allylic oxidation sites excluding steroid dienone is 1. The highest BCUT2D eigenvalue weighted by Gasteiger charge is 2.07. The minimum absolute atomic E-state index is 0.0282. The Labute approximate surface area is 83.2 Å². The molecule has 0 aromatic heterocycles. The van der Waals surface area contributed by atoms with E-state index in [4.69, 9.17) is 9.66 Å². The van der Waals surface area contributed by atoms with E-state index >= 15 is 0 Å². The maximum Gasteiger partial charge on any atom is 0.331 e. The molecule has 0 unspecified atom stereocenters. The summed E-state index contributed by atoms with van der Waals surface area (Å²) in [6.45, 7) is 1.83. The Morgan fingerprint density at radius 1 is 1.43 bits per heavy atom. The highest BCUT2D eigenvalue weighted by Crippen LogP contribution is 2.06. The summed E-state index contributed by atoms with van der Waals surface area (Å²) in [5.74, 6) is -1.48. The first-order valence-electron chi connectivity index (χ1n) is 4.24. The van der Waals surface area contributed by atoms with Crippen molar-refractivity contribution in [3.8, 4) is 0 Å². The van der Waals surface area contributed by atoms with Crippen LogP contribution >= 0.6 is 0 Å². The first kappa shape index (κ1) is 13.1. The number of aliphatic carboxylic acids is 1. The lowest BCUT2D eigenvalue weighted by atomic mass is 10.1. The van der Waals surface area contributed by atoms with Gasteiger partial charge in [-0.3, -0.25) is 4.55 Å². The van der Waals surface area contributed by atoms with E-state index in [0.717, 1.165) is 0 Å². The predicted octanol–water partition coefficient (Wildman–Crippen LogP) is 1.08. The Morgan fingerprint density at radius 3 is 2.36 bits per heavy atom. The van der Waals surface area contributed by atoms with Crippen LogP contribution in [-0.2, 0) is 14.9 Å². The summed E-state index contributed by atoms with van der Waals surface area (Å²) in [5.41, 5.74) is 0.191. The summed E-state index contributed by atoms with van der Waals surface area (Å²) in [4.78, 5) is 10.6. The zero-order valence-corrected chi connectivity index (χ0v) is 8.75. The molecule has 0 atom stereocenters. The number of rotatable bonds is 6. The van der Waals surface area contributed by atoms with Gasteiger partial charge in [-0.1, -0.05) is 19.4 Å². The van der Waals surface area contributed by atoms with Gasteiger partial charge in [0.05, 0.1) is 5.75 Å². The lowest BCUT2D eigenvalue weighted by Gasteiger charge is -1.99. The topological polar surface area (TPSA) is 91.7 Å². The van der Waals surface area contributed by atoms with Crippen LogP contribution in [-0.4, -0.2) is 29.8 Å². The fourth-order valence-electron chi connectivity index (χ4n) is 0.948. The quantitative estimate of drug-likeness (QED) is 0.518. The van der Waals surface area contributed by atoms with Crippen LogP contribution in [0.5, 0.6) is 0 Å². The van der Waals surface area contributed by atoms with Crippen LogP contribution in [0.1, 0.15) is 26.2 Å². The van der Waals surface area contributed by atoms with E-state index in [9.17, 15) is 13.2 Å². The van der Waals surface area contributed by atoms with Crippen LogP contribution < -0.4 is 0 Å².